The monoisotopic (exact) mass is 232 g/mol. The molecule has 1 aromatic rings. The van der Waals surface area contributed by atoms with E-state index in [9.17, 15) is 9.90 Å². The molecular weight excluding hydrogens is 212 g/mol. The molecule has 1 saturated carbocycles. The molecule has 0 saturated heterocycles. The van der Waals surface area contributed by atoms with E-state index >= 15 is 0 Å². The molecule has 1 aromatic carbocycles. The summed E-state index contributed by atoms with van der Waals surface area (Å²) in [7, 11) is 0. The molecule has 0 spiro atoms. The predicted molar refractivity (Wildman–Crippen MR) is 68.5 cm³/mol. The smallest absolute Gasteiger partial charge is 0.307 e. The number of carboxylic acids is 1. The van der Waals surface area contributed by atoms with Crippen LogP contribution in [0, 0.1) is 33.6 Å². The SMILES string of the molecule is Cc1cc(C)c(C)c(C2(C)CC2C(=O)O)c1C. The normalized spacial score (nSPS) is 27.0. The van der Waals surface area contributed by atoms with Gasteiger partial charge in [-0.3, -0.25) is 4.79 Å². The van der Waals surface area contributed by atoms with Crippen LogP contribution in [0.3, 0.4) is 0 Å². The summed E-state index contributed by atoms with van der Waals surface area (Å²) in [5.41, 5.74) is 6.17. The van der Waals surface area contributed by atoms with Gasteiger partial charge in [0.05, 0.1) is 5.92 Å². The summed E-state index contributed by atoms with van der Waals surface area (Å²) in [6.07, 6.45) is 0.771. The molecule has 1 N–H and O–H groups in total. The van der Waals surface area contributed by atoms with E-state index < -0.39 is 5.97 Å². The highest BCUT2D eigenvalue weighted by molar-refractivity contribution is 5.77. The van der Waals surface area contributed by atoms with Crippen molar-refractivity contribution in [1.29, 1.82) is 0 Å². The van der Waals surface area contributed by atoms with E-state index in [2.05, 4.69) is 40.7 Å². The Kier molecular flexibility index (Phi) is 2.57. The lowest BCUT2D eigenvalue weighted by Crippen LogP contribution is -2.15. The lowest BCUT2D eigenvalue weighted by Gasteiger charge is -2.21. The predicted octanol–water partition coefficient (Wildman–Crippen LogP) is 3.28. The van der Waals surface area contributed by atoms with Gasteiger partial charge in [-0.15, -0.1) is 0 Å². The Bertz CT molecular complexity index is 476. The quantitative estimate of drug-likeness (QED) is 0.849. The first kappa shape index (κ1) is 12.2. The first-order valence-corrected chi connectivity index (χ1v) is 6.09. The molecular formula is C15H20O2. The lowest BCUT2D eigenvalue weighted by atomic mass is 9.83. The number of aliphatic carboxylic acids is 1. The second-order valence-electron chi connectivity index (χ2n) is 5.65. The molecule has 2 nitrogen and oxygen atoms in total. The fourth-order valence-electron chi connectivity index (χ4n) is 3.07. The summed E-state index contributed by atoms with van der Waals surface area (Å²) in [4.78, 5) is 11.1. The highest BCUT2D eigenvalue weighted by Gasteiger charge is 2.57. The first-order chi connectivity index (χ1) is 7.79. The molecule has 0 heterocycles. The molecule has 2 rings (SSSR count). The third kappa shape index (κ3) is 1.67. The number of benzene rings is 1. The van der Waals surface area contributed by atoms with E-state index in [0.717, 1.165) is 6.42 Å². The molecule has 2 heteroatoms. The third-order valence-corrected chi connectivity index (χ3v) is 4.47. The van der Waals surface area contributed by atoms with Gasteiger partial charge in [-0.05, 0) is 61.9 Å². The van der Waals surface area contributed by atoms with Crippen LogP contribution >= 0.6 is 0 Å². The molecule has 2 atom stereocenters. The Morgan fingerprint density at radius 3 is 2.06 bits per heavy atom. The van der Waals surface area contributed by atoms with Gasteiger partial charge in [-0.1, -0.05) is 13.0 Å². The molecule has 1 aliphatic carbocycles. The van der Waals surface area contributed by atoms with Gasteiger partial charge in [0.15, 0.2) is 0 Å². The molecule has 1 fully saturated rings. The van der Waals surface area contributed by atoms with E-state index in [0.29, 0.717) is 0 Å². The lowest BCUT2D eigenvalue weighted by molar-refractivity contribution is -0.138. The van der Waals surface area contributed by atoms with Crippen molar-refractivity contribution >= 4 is 5.97 Å². The zero-order chi connectivity index (χ0) is 13.0. The zero-order valence-electron chi connectivity index (χ0n) is 11.2. The summed E-state index contributed by atoms with van der Waals surface area (Å²) >= 11 is 0. The molecule has 0 aliphatic heterocycles. The minimum atomic E-state index is -0.662. The zero-order valence-corrected chi connectivity index (χ0v) is 11.2. The fraction of sp³-hybridized carbons (Fsp3) is 0.533. The molecule has 1 aliphatic rings. The van der Waals surface area contributed by atoms with Crippen LogP contribution in [0.5, 0.6) is 0 Å². The van der Waals surface area contributed by atoms with Gasteiger partial charge < -0.3 is 5.11 Å². The van der Waals surface area contributed by atoms with Gasteiger partial charge in [0.2, 0.25) is 0 Å². The summed E-state index contributed by atoms with van der Waals surface area (Å²) in [6.45, 7) is 10.5. The van der Waals surface area contributed by atoms with Crippen LogP contribution in [0.15, 0.2) is 6.07 Å². The summed E-state index contributed by atoms with van der Waals surface area (Å²) in [5, 5.41) is 9.17. The van der Waals surface area contributed by atoms with Gasteiger partial charge in [0, 0.05) is 5.41 Å². The Hall–Kier alpha value is -1.31. The van der Waals surface area contributed by atoms with Crippen molar-refractivity contribution in [3.8, 4) is 0 Å². The van der Waals surface area contributed by atoms with Crippen molar-refractivity contribution in [2.45, 2.75) is 46.5 Å². The Labute approximate surface area is 103 Å². The van der Waals surface area contributed by atoms with Crippen LogP contribution in [-0.4, -0.2) is 11.1 Å². The number of aryl methyl sites for hydroxylation is 2. The first-order valence-electron chi connectivity index (χ1n) is 6.09. The van der Waals surface area contributed by atoms with Crippen LogP contribution in [-0.2, 0) is 10.2 Å². The molecule has 17 heavy (non-hydrogen) atoms. The van der Waals surface area contributed by atoms with Crippen LogP contribution in [0.25, 0.3) is 0 Å². The standard InChI is InChI=1S/C15H20O2/c1-8-6-9(2)11(4)13(10(8)3)15(5)7-12(15)14(16)17/h6,12H,7H2,1-5H3,(H,16,17). The van der Waals surface area contributed by atoms with Crippen molar-refractivity contribution in [3.05, 3.63) is 33.9 Å². The van der Waals surface area contributed by atoms with Gasteiger partial charge in [-0.2, -0.15) is 0 Å². The topological polar surface area (TPSA) is 37.3 Å². The van der Waals surface area contributed by atoms with Crippen molar-refractivity contribution in [2.75, 3.05) is 0 Å². The van der Waals surface area contributed by atoms with Gasteiger partial charge in [0.25, 0.3) is 0 Å². The van der Waals surface area contributed by atoms with E-state index in [1.165, 1.54) is 27.8 Å². The van der Waals surface area contributed by atoms with Crippen molar-refractivity contribution in [2.24, 2.45) is 5.92 Å². The maximum Gasteiger partial charge on any atom is 0.307 e. The second kappa shape index (κ2) is 3.59. The van der Waals surface area contributed by atoms with Crippen molar-refractivity contribution in [1.82, 2.24) is 0 Å². The van der Waals surface area contributed by atoms with Crippen LogP contribution in [0.2, 0.25) is 0 Å². The molecule has 0 radical (unpaired) electrons. The maximum absolute atomic E-state index is 11.1. The van der Waals surface area contributed by atoms with Gasteiger partial charge in [0.1, 0.15) is 0 Å². The number of hydrogen-bond donors (Lipinski definition) is 1. The minimum absolute atomic E-state index is 0.156. The second-order valence-corrected chi connectivity index (χ2v) is 5.65. The molecule has 92 valence electrons. The van der Waals surface area contributed by atoms with Crippen molar-refractivity contribution in [3.63, 3.8) is 0 Å². The number of hydrogen-bond acceptors (Lipinski definition) is 1. The summed E-state index contributed by atoms with van der Waals surface area (Å²) < 4.78 is 0. The number of carboxylic acid groups (broad SMARTS) is 1. The number of carbonyl (C=O) groups is 1. The van der Waals surface area contributed by atoms with E-state index in [1.54, 1.807) is 0 Å². The Balaban J connectivity index is 2.58. The fourth-order valence-corrected chi connectivity index (χ4v) is 3.07. The maximum atomic E-state index is 11.1. The summed E-state index contributed by atoms with van der Waals surface area (Å²) in [6, 6.07) is 2.19. The highest BCUT2D eigenvalue weighted by atomic mass is 16.4. The largest absolute Gasteiger partial charge is 0.481 e. The Morgan fingerprint density at radius 2 is 1.71 bits per heavy atom. The summed E-state index contributed by atoms with van der Waals surface area (Å²) in [5.74, 6) is -0.869. The van der Waals surface area contributed by atoms with Gasteiger partial charge in [-0.25, -0.2) is 0 Å². The van der Waals surface area contributed by atoms with Gasteiger partial charge >= 0.3 is 5.97 Å². The van der Waals surface area contributed by atoms with Crippen LogP contribution in [0.4, 0.5) is 0 Å². The molecule has 0 amide bonds. The molecule has 0 aromatic heterocycles. The molecule has 2 unspecified atom stereocenters. The Morgan fingerprint density at radius 1 is 1.24 bits per heavy atom. The van der Waals surface area contributed by atoms with Crippen LogP contribution < -0.4 is 0 Å². The highest BCUT2D eigenvalue weighted by Crippen LogP contribution is 2.56. The van der Waals surface area contributed by atoms with Crippen LogP contribution in [0.1, 0.15) is 41.2 Å². The van der Waals surface area contributed by atoms with E-state index in [1.807, 2.05) is 0 Å². The average molecular weight is 232 g/mol. The minimum Gasteiger partial charge on any atom is -0.481 e. The van der Waals surface area contributed by atoms with Crippen molar-refractivity contribution < 1.29 is 9.90 Å². The van der Waals surface area contributed by atoms with E-state index in [-0.39, 0.29) is 11.3 Å². The van der Waals surface area contributed by atoms with E-state index in [4.69, 9.17) is 0 Å². The molecule has 0 bridgehead atoms. The number of rotatable bonds is 2. The third-order valence-electron chi connectivity index (χ3n) is 4.47. The average Bonchev–Trinajstić information content (AvgIpc) is 2.89.